The highest BCUT2D eigenvalue weighted by Gasteiger charge is 2.34. The Balaban J connectivity index is 0.00000232. The van der Waals surface area contributed by atoms with Gasteiger partial charge >= 0.3 is 0 Å². The first kappa shape index (κ1) is 39.8. The third-order valence-corrected chi connectivity index (χ3v) is 12.7. The molecule has 0 fully saturated rings. The molecule has 0 radical (unpaired) electrons. The van der Waals surface area contributed by atoms with Gasteiger partial charge in [0, 0.05) is 51.0 Å². The predicted octanol–water partition coefficient (Wildman–Crippen LogP) is 15.9. The number of nitrogens with zero attached hydrogens (tertiary/aromatic N) is 4. The van der Waals surface area contributed by atoms with Crippen LogP contribution in [0.2, 0.25) is 0 Å². The topological polar surface area (TPSA) is 25.8 Å². The summed E-state index contributed by atoms with van der Waals surface area (Å²) in [6, 6.07) is 55.2. The fourth-order valence-electron chi connectivity index (χ4n) is 9.92. The molecular weight excluding hydrogens is 765 g/mol. The number of aromatic nitrogens is 3. The Labute approximate surface area is 370 Å². The van der Waals surface area contributed by atoms with Crippen molar-refractivity contribution in [3.63, 3.8) is 0 Å². The van der Waals surface area contributed by atoms with Gasteiger partial charge in [-0.25, -0.2) is 4.98 Å². The summed E-state index contributed by atoms with van der Waals surface area (Å²) in [5.74, 6) is 0.935. The lowest BCUT2D eigenvalue weighted by molar-refractivity contribution is -0.365. The van der Waals surface area contributed by atoms with Crippen LogP contribution in [0, 0.1) is 6.92 Å². The number of aryl methyl sites for hydroxylation is 1. The molecule has 1 aliphatic heterocycles. The van der Waals surface area contributed by atoms with Crippen molar-refractivity contribution in [2.24, 2.45) is 0 Å². The average molecular weight is 818 g/mol. The summed E-state index contributed by atoms with van der Waals surface area (Å²) < 4.78 is 7.12. The van der Waals surface area contributed by atoms with Gasteiger partial charge in [-0.2, -0.15) is 4.58 Å². The smallest absolute Gasteiger partial charge is 0.218 e. The van der Waals surface area contributed by atoms with Gasteiger partial charge in [-0.1, -0.05) is 124 Å². The molecule has 0 unspecified atom stereocenters. The molecule has 6 aromatic carbocycles. The lowest BCUT2D eigenvalue weighted by atomic mass is 9.94. The minimum absolute atomic E-state index is 0.935. The average Bonchev–Trinajstić information content (AvgIpc) is 3.97. The van der Waals surface area contributed by atoms with E-state index in [0.29, 0.717) is 0 Å². The lowest BCUT2D eigenvalue weighted by Gasteiger charge is -2.15. The van der Waals surface area contributed by atoms with Crippen LogP contribution in [0.25, 0.3) is 77.4 Å². The van der Waals surface area contributed by atoms with Crippen LogP contribution in [0.4, 0.5) is 5.69 Å². The Bertz CT molecular complexity index is 3330. The molecular formula is C59H53N4+. The van der Waals surface area contributed by atoms with E-state index in [9.17, 15) is 0 Å². The van der Waals surface area contributed by atoms with E-state index in [2.05, 4.69) is 217 Å². The van der Waals surface area contributed by atoms with Crippen molar-refractivity contribution in [1.29, 1.82) is 0 Å². The number of allylic oxidation sites excluding steroid dienone is 7. The van der Waals surface area contributed by atoms with Gasteiger partial charge in [-0.3, -0.25) is 4.57 Å². The standard InChI is InChI=1S/C57H47N4.C2H6/c1-4-17-39(43(5-2)57-38(3)28-33-56(58-57)61-53-26-15-10-20-44(53)45-21-11-16-27-54(45)61)34-35-59-50-24-13-9-22-46(50)48-36-40(29-31-51(48)59)41-30-32-55-49(37-41)47-23-12-14-25-52(47)60(55)42-18-7-6-8-19-42;1-2/h5-8,10-16,18-21,23-37H,4,9,17,22H2,1-3H3;1-2H3/q+1;/b39-34-,43-5+,59-35?;. The zero-order chi connectivity index (χ0) is 43.0. The highest BCUT2D eigenvalue weighted by Crippen LogP contribution is 2.45. The van der Waals surface area contributed by atoms with Crippen LogP contribution in [0.3, 0.4) is 0 Å². The van der Waals surface area contributed by atoms with Crippen LogP contribution in [-0.2, 0) is 0 Å². The summed E-state index contributed by atoms with van der Waals surface area (Å²) in [6.45, 7) is 10.6. The van der Waals surface area contributed by atoms with Gasteiger partial charge in [0.25, 0.3) is 0 Å². The molecule has 0 saturated heterocycles. The fraction of sp³-hybridized carbons (Fsp3) is 0.153. The molecule has 4 nitrogen and oxygen atoms in total. The van der Waals surface area contributed by atoms with E-state index < -0.39 is 0 Å². The summed E-state index contributed by atoms with van der Waals surface area (Å²) >= 11 is 0. The van der Waals surface area contributed by atoms with Crippen molar-refractivity contribution in [2.75, 3.05) is 0 Å². The maximum absolute atomic E-state index is 5.47. The van der Waals surface area contributed by atoms with Gasteiger partial charge < -0.3 is 4.57 Å². The van der Waals surface area contributed by atoms with Gasteiger partial charge in [-0.05, 0) is 122 Å². The summed E-state index contributed by atoms with van der Waals surface area (Å²) in [5.41, 5.74) is 18.4. The Morgan fingerprint density at radius 1 is 0.667 bits per heavy atom. The number of fused-ring (bicyclic) bond motifs is 8. The van der Waals surface area contributed by atoms with Gasteiger partial charge in [0.15, 0.2) is 6.21 Å². The second-order valence-corrected chi connectivity index (χ2v) is 16.3. The first-order valence-corrected chi connectivity index (χ1v) is 22.7. The molecule has 63 heavy (non-hydrogen) atoms. The van der Waals surface area contributed by atoms with Crippen LogP contribution in [0.1, 0.15) is 70.2 Å². The number of hydrogen-bond acceptors (Lipinski definition) is 1. The normalized spacial score (nSPS) is 14.5. The molecule has 0 spiro atoms. The van der Waals surface area contributed by atoms with Crippen molar-refractivity contribution < 1.29 is 4.58 Å². The van der Waals surface area contributed by atoms with E-state index in [0.717, 1.165) is 37.2 Å². The molecule has 2 aliphatic rings. The quantitative estimate of drug-likeness (QED) is 0.111. The molecule has 11 rings (SSSR count). The molecule has 0 bridgehead atoms. The molecule has 0 amide bonds. The van der Waals surface area contributed by atoms with Gasteiger partial charge in [0.2, 0.25) is 11.4 Å². The fourth-order valence-corrected chi connectivity index (χ4v) is 9.92. The first-order valence-electron chi connectivity index (χ1n) is 22.7. The van der Waals surface area contributed by atoms with Crippen LogP contribution in [0.5, 0.6) is 0 Å². The third kappa shape index (κ3) is 6.78. The SMILES string of the molecule is C/C=C(\C(=C/C=[N+]1C2=C(CCC=C2)c2cc(-c3ccc4c(c3)c3ccccc3n4-c3ccccc3)ccc21)CCC)c1nc(-n2c3ccccc3c3ccccc32)ccc1C.CC. The van der Waals surface area contributed by atoms with Crippen molar-refractivity contribution >= 4 is 66.7 Å². The minimum Gasteiger partial charge on any atom is -0.309 e. The Morgan fingerprint density at radius 2 is 1.29 bits per heavy atom. The number of benzene rings is 6. The van der Waals surface area contributed by atoms with E-state index in [-0.39, 0.29) is 0 Å². The van der Waals surface area contributed by atoms with E-state index in [1.54, 1.807) is 0 Å². The summed E-state index contributed by atoms with van der Waals surface area (Å²) in [4.78, 5) is 5.47. The van der Waals surface area contributed by atoms with Crippen molar-refractivity contribution in [1.82, 2.24) is 14.1 Å². The largest absolute Gasteiger partial charge is 0.309 e. The van der Waals surface area contributed by atoms with E-state index in [1.807, 2.05) is 13.8 Å². The third-order valence-electron chi connectivity index (χ3n) is 12.7. The van der Waals surface area contributed by atoms with Crippen LogP contribution < -0.4 is 0 Å². The van der Waals surface area contributed by atoms with E-state index in [1.165, 1.54) is 99.7 Å². The number of para-hydroxylation sites is 4. The predicted molar refractivity (Wildman–Crippen MR) is 269 cm³/mol. The van der Waals surface area contributed by atoms with Gasteiger partial charge in [-0.15, -0.1) is 0 Å². The summed E-state index contributed by atoms with van der Waals surface area (Å²) in [7, 11) is 0. The minimum atomic E-state index is 0.935. The van der Waals surface area contributed by atoms with E-state index >= 15 is 0 Å². The van der Waals surface area contributed by atoms with Crippen LogP contribution >= 0.6 is 0 Å². The first-order chi connectivity index (χ1) is 31.1. The molecule has 1 aliphatic carbocycles. The lowest BCUT2D eigenvalue weighted by Crippen LogP contribution is -2.05. The Hall–Kier alpha value is -7.30. The van der Waals surface area contributed by atoms with E-state index in [4.69, 9.17) is 4.98 Å². The Morgan fingerprint density at radius 3 is 1.98 bits per heavy atom. The molecule has 308 valence electrons. The Kier molecular flexibility index (Phi) is 10.7. The molecule has 3 aromatic heterocycles. The molecule has 4 heterocycles. The maximum atomic E-state index is 5.47. The summed E-state index contributed by atoms with van der Waals surface area (Å²) in [6.07, 6.45) is 15.6. The molecule has 0 saturated carbocycles. The number of pyridine rings is 1. The van der Waals surface area contributed by atoms with Crippen molar-refractivity contribution in [3.8, 4) is 22.6 Å². The highest BCUT2D eigenvalue weighted by atomic mass is 15.1. The summed E-state index contributed by atoms with van der Waals surface area (Å²) in [5, 5.41) is 5.02. The number of hydrogen-bond donors (Lipinski definition) is 0. The molecule has 0 atom stereocenters. The highest BCUT2D eigenvalue weighted by molar-refractivity contribution is 6.11. The molecule has 0 N–H and O–H groups in total. The monoisotopic (exact) mass is 817 g/mol. The van der Waals surface area contributed by atoms with Crippen molar-refractivity contribution in [3.05, 3.63) is 204 Å². The van der Waals surface area contributed by atoms with Gasteiger partial charge in [0.05, 0.1) is 33.3 Å². The maximum Gasteiger partial charge on any atom is 0.218 e. The van der Waals surface area contributed by atoms with Gasteiger partial charge in [0.1, 0.15) is 5.82 Å². The van der Waals surface area contributed by atoms with Crippen LogP contribution in [0.15, 0.2) is 187 Å². The molecule has 4 heteroatoms. The van der Waals surface area contributed by atoms with Crippen molar-refractivity contribution in [2.45, 2.75) is 60.3 Å². The second-order valence-electron chi connectivity index (χ2n) is 16.3. The molecule has 9 aromatic rings. The number of rotatable bonds is 8. The zero-order valence-corrected chi connectivity index (χ0v) is 36.9. The zero-order valence-electron chi connectivity index (χ0n) is 36.9. The van der Waals surface area contributed by atoms with Crippen LogP contribution in [-0.4, -0.2) is 24.9 Å². The second kappa shape index (κ2) is 16.9.